The summed E-state index contributed by atoms with van der Waals surface area (Å²) in [4.78, 5) is 20.8. The fourth-order valence-electron chi connectivity index (χ4n) is 0.887. The van der Waals surface area contributed by atoms with Gasteiger partial charge in [0.25, 0.3) is 0 Å². The monoisotopic (exact) mass is 411 g/mol. The maximum Gasteiger partial charge on any atom is 0.460 e. The SMILES string of the molecule is CC(=O)CC(=O)C(F)(F)C(F)(F)C(F)(F)C(F)(F)F.[Ag]. The third-order valence-corrected chi connectivity index (χ3v) is 1.90. The van der Waals surface area contributed by atoms with Gasteiger partial charge < -0.3 is 0 Å². The van der Waals surface area contributed by atoms with Crippen LogP contribution in [0.25, 0.3) is 0 Å². The number of hydrogen-bond acceptors (Lipinski definition) is 2. The maximum absolute atomic E-state index is 12.7. The van der Waals surface area contributed by atoms with Gasteiger partial charge in [0.05, 0.1) is 6.42 Å². The Morgan fingerprint density at radius 3 is 1.40 bits per heavy atom. The topological polar surface area (TPSA) is 34.1 Å². The maximum atomic E-state index is 12.7. The van der Waals surface area contributed by atoms with E-state index < -0.39 is 41.9 Å². The number of ketones is 2. The first kappa shape index (κ1) is 21.7. The molecule has 0 spiro atoms. The molecule has 0 aromatic rings. The summed E-state index contributed by atoms with van der Waals surface area (Å²) in [5.41, 5.74) is 0. The molecule has 0 aromatic heterocycles. The summed E-state index contributed by atoms with van der Waals surface area (Å²) in [6, 6.07) is 0. The van der Waals surface area contributed by atoms with Gasteiger partial charge in [0.1, 0.15) is 5.78 Å². The predicted molar refractivity (Wildman–Crippen MR) is 41.2 cm³/mol. The smallest absolute Gasteiger partial charge is 0.300 e. The Labute approximate surface area is 121 Å². The van der Waals surface area contributed by atoms with Crippen molar-refractivity contribution in [1.29, 1.82) is 0 Å². The van der Waals surface area contributed by atoms with Gasteiger partial charge in [-0.2, -0.15) is 39.5 Å². The van der Waals surface area contributed by atoms with Crippen molar-refractivity contribution < 1.29 is 71.5 Å². The number of rotatable bonds is 5. The Morgan fingerprint density at radius 2 is 1.15 bits per heavy atom. The van der Waals surface area contributed by atoms with Crippen molar-refractivity contribution in [2.75, 3.05) is 0 Å². The second-order valence-corrected chi connectivity index (χ2v) is 3.52. The molecular formula is C8H5AgF9O2. The Balaban J connectivity index is 0. The predicted octanol–water partition coefficient (Wildman–Crippen LogP) is 3.00. The van der Waals surface area contributed by atoms with E-state index >= 15 is 0 Å². The number of halogens is 9. The fourth-order valence-corrected chi connectivity index (χ4v) is 0.887. The van der Waals surface area contributed by atoms with Gasteiger partial charge in [-0.1, -0.05) is 0 Å². The zero-order chi connectivity index (χ0) is 15.9. The Kier molecular flexibility index (Phi) is 6.59. The largest absolute Gasteiger partial charge is 0.460 e. The van der Waals surface area contributed by atoms with E-state index in [0.29, 0.717) is 6.92 Å². The van der Waals surface area contributed by atoms with Crippen LogP contribution in [-0.4, -0.2) is 35.5 Å². The molecule has 0 aliphatic rings. The first-order valence-corrected chi connectivity index (χ1v) is 4.32. The molecule has 12 heteroatoms. The Bertz CT molecular complexity index is 388. The van der Waals surface area contributed by atoms with Crippen molar-refractivity contribution in [1.82, 2.24) is 0 Å². The molecule has 1 radical (unpaired) electrons. The van der Waals surface area contributed by atoms with Crippen LogP contribution in [0.5, 0.6) is 0 Å². The van der Waals surface area contributed by atoms with Gasteiger partial charge in [0.15, 0.2) is 0 Å². The number of Topliss-reactive ketones (excluding diaryl/α,β-unsaturated/α-hetero) is 2. The normalized spacial score (nSPS) is 13.7. The minimum absolute atomic E-state index is 0. The van der Waals surface area contributed by atoms with Crippen LogP contribution < -0.4 is 0 Å². The third kappa shape index (κ3) is 3.55. The molecular weight excluding hydrogens is 407 g/mol. The minimum atomic E-state index is -7.13. The van der Waals surface area contributed by atoms with Crippen molar-refractivity contribution in [3.8, 4) is 0 Å². The number of carbonyl (C=O) groups excluding carboxylic acids is 2. The van der Waals surface area contributed by atoms with E-state index in [4.69, 9.17) is 0 Å². The van der Waals surface area contributed by atoms with Crippen molar-refractivity contribution in [3.63, 3.8) is 0 Å². The molecule has 0 aliphatic heterocycles. The molecule has 0 saturated carbocycles. The second kappa shape index (κ2) is 6.06. The summed E-state index contributed by atoms with van der Waals surface area (Å²) in [6.45, 7) is 0.494. The van der Waals surface area contributed by atoms with Crippen LogP contribution in [0, 0.1) is 0 Å². The molecule has 0 saturated heterocycles. The van der Waals surface area contributed by atoms with Gasteiger partial charge in [-0.05, 0) is 6.92 Å². The van der Waals surface area contributed by atoms with Crippen LogP contribution >= 0.6 is 0 Å². The molecule has 0 rings (SSSR count). The number of carbonyl (C=O) groups is 2. The zero-order valence-electron chi connectivity index (χ0n) is 9.23. The van der Waals surface area contributed by atoms with Gasteiger partial charge >= 0.3 is 23.9 Å². The molecule has 123 valence electrons. The van der Waals surface area contributed by atoms with E-state index in [9.17, 15) is 49.1 Å². The molecule has 20 heavy (non-hydrogen) atoms. The van der Waals surface area contributed by atoms with Gasteiger partial charge in [-0.25, -0.2) is 0 Å². The van der Waals surface area contributed by atoms with Gasteiger partial charge in [0, 0.05) is 22.4 Å². The summed E-state index contributed by atoms with van der Waals surface area (Å²) in [7, 11) is 0. The first-order chi connectivity index (χ1) is 8.09. The average Bonchev–Trinajstić information content (AvgIpc) is 2.13. The molecule has 0 unspecified atom stereocenters. The molecule has 0 fully saturated rings. The fraction of sp³-hybridized carbons (Fsp3) is 0.750. The second-order valence-electron chi connectivity index (χ2n) is 3.52. The average molecular weight is 412 g/mol. The summed E-state index contributed by atoms with van der Waals surface area (Å²) < 4.78 is 110. The van der Waals surface area contributed by atoms with E-state index in [-0.39, 0.29) is 22.4 Å². The van der Waals surface area contributed by atoms with Crippen molar-refractivity contribution in [2.45, 2.75) is 37.3 Å². The summed E-state index contributed by atoms with van der Waals surface area (Å²) in [6.07, 6.45) is -8.88. The van der Waals surface area contributed by atoms with Crippen LogP contribution in [0.1, 0.15) is 13.3 Å². The van der Waals surface area contributed by atoms with Gasteiger partial charge in [0.2, 0.25) is 5.78 Å². The van der Waals surface area contributed by atoms with E-state index in [1.54, 1.807) is 0 Å². The van der Waals surface area contributed by atoms with Gasteiger partial charge in [-0.3, -0.25) is 9.59 Å². The van der Waals surface area contributed by atoms with Gasteiger partial charge in [-0.15, -0.1) is 0 Å². The summed E-state index contributed by atoms with van der Waals surface area (Å²) in [5, 5.41) is 0. The summed E-state index contributed by atoms with van der Waals surface area (Å²) in [5.74, 6) is -24.9. The minimum Gasteiger partial charge on any atom is -0.300 e. The molecule has 0 aliphatic carbocycles. The molecule has 0 bridgehead atoms. The Hall–Kier alpha value is -0.550. The third-order valence-electron chi connectivity index (χ3n) is 1.90. The molecule has 0 heterocycles. The van der Waals surface area contributed by atoms with Crippen LogP contribution in [0.3, 0.4) is 0 Å². The molecule has 0 aromatic carbocycles. The van der Waals surface area contributed by atoms with E-state index in [1.165, 1.54) is 0 Å². The van der Waals surface area contributed by atoms with E-state index in [2.05, 4.69) is 0 Å². The van der Waals surface area contributed by atoms with Crippen LogP contribution in [-0.2, 0) is 32.0 Å². The quantitative estimate of drug-likeness (QED) is 0.396. The Morgan fingerprint density at radius 1 is 0.800 bits per heavy atom. The van der Waals surface area contributed by atoms with E-state index in [0.717, 1.165) is 0 Å². The van der Waals surface area contributed by atoms with Crippen molar-refractivity contribution in [3.05, 3.63) is 0 Å². The molecule has 0 atom stereocenters. The first-order valence-electron chi connectivity index (χ1n) is 4.32. The number of hydrogen-bond donors (Lipinski definition) is 0. The van der Waals surface area contributed by atoms with Crippen molar-refractivity contribution in [2.24, 2.45) is 0 Å². The molecule has 0 amide bonds. The summed E-state index contributed by atoms with van der Waals surface area (Å²) >= 11 is 0. The van der Waals surface area contributed by atoms with Crippen molar-refractivity contribution >= 4 is 11.6 Å². The molecule has 2 nitrogen and oxygen atoms in total. The van der Waals surface area contributed by atoms with E-state index in [1.807, 2.05) is 0 Å². The standard InChI is InChI=1S/C8H5F9O2.Ag/c1-3(18)2-4(19)5(9,10)6(11,12)7(13,14)8(15,16)17;/h2H2,1H3;. The van der Waals surface area contributed by atoms with Crippen LogP contribution in [0.2, 0.25) is 0 Å². The zero-order valence-corrected chi connectivity index (χ0v) is 10.7. The van der Waals surface area contributed by atoms with Crippen LogP contribution in [0.15, 0.2) is 0 Å². The molecule has 0 N–H and O–H groups in total. The van der Waals surface area contributed by atoms with Crippen LogP contribution in [0.4, 0.5) is 39.5 Å². The number of alkyl halides is 9.